The molecule has 0 saturated carbocycles. The average molecular weight is 173 g/mol. The Kier molecular flexibility index (Phi) is 1.99. The highest BCUT2D eigenvalue weighted by atomic mass is 16.3. The molecule has 1 aromatic heterocycles. The molecule has 1 heterocycles. The van der Waals surface area contributed by atoms with E-state index in [1.807, 2.05) is 30.3 Å². The molecule has 1 N–H and O–H groups in total. The van der Waals surface area contributed by atoms with E-state index >= 15 is 0 Å². The van der Waals surface area contributed by atoms with Crippen LogP contribution in [0.25, 0.3) is 10.9 Å². The SMILES string of the molecule is C[C@H](O)c1cccc2cccnc12. The fraction of sp³-hybridized carbons (Fsp3) is 0.182. The maximum absolute atomic E-state index is 9.48. The molecule has 1 atom stereocenters. The summed E-state index contributed by atoms with van der Waals surface area (Å²) in [5.41, 5.74) is 1.78. The van der Waals surface area contributed by atoms with Crippen molar-refractivity contribution in [2.24, 2.45) is 0 Å². The van der Waals surface area contributed by atoms with Gasteiger partial charge in [0, 0.05) is 17.1 Å². The van der Waals surface area contributed by atoms with Gasteiger partial charge in [0.05, 0.1) is 11.6 Å². The highest BCUT2D eigenvalue weighted by Crippen LogP contribution is 2.21. The van der Waals surface area contributed by atoms with Crippen LogP contribution in [0, 0.1) is 0 Å². The van der Waals surface area contributed by atoms with E-state index in [4.69, 9.17) is 0 Å². The first-order chi connectivity index (χ1) is 6.29. The molecular weight excluding hydrogens is 162 g/mol. The van der Waals surface area contributed by atoms with Gasteiger partial charge in [-0.05, 0) is 13.0 Å². The van der Waals surface area contributed by atoms with Crippen molar-refractivity contribution in [1.29, 1.82) is 0 Å². The summed E-state index contributed by atoms with van der Waals surface area (Å²) in [7, 11) is 0. The van der Waals surface area contributed by atoms with E-state index in [1.54, 1.807) is 13.1 Å². The van der Waals surface area contributed by atoms with Crippen LogP contribution in [0.3, 0.4) is 0 Å². The normalized spacial score (nSPS) is 13.1. The van der Waals surface area contributed by atoms with Gasteiger partial charge in [-0.25, -0.2) is 0 Å². The second-order valence-corrected chi connectivity index (χ2v) is 3.10. The molecule has 2 aromatic rings. The summed E-state index contributed by atoms with van der Waals surface area (Å²) in [5.74, 6) is 0. The largest absolute Gasteiger partial charge is 0.389 e. The molecule has 0 bridgehead atoms. The van der Waals surface area contributed by atoms with Gasteiger partial charge >= 0.3 is 0 Å². The zero-order valence-corrected chi connectivity index (χ0v) is 7.44. The van der Waals surface area contributed by atoms with E-state index in [-0.39, 0.29) is 0 Å². The summed E-state index contributed by atoms with van der Waals surface area (Å²) in [6, 6.07) is 9.72. The molecule has 0 radical (unpaired) electrons. The van der Waals surface area contributed by atoms with Gasteiger partial charge in [-0.2, -0.15) is 0 Å². The molecule has 2 nitrogen and oxygen atoms in total. The molecule has 0 aliphatic carbocycles. The number of pyridine rings is 1. The number of aliphatic hydroxyl groups is 1. The van der Waals surface area contributed by atoms with Crippen molar-refractivity contribution >= 4 is 10.9 Å². The number of fused-ring (bicyclic) bond motifs is 1. The molecule has 2 heteroatoms. The van der Waals surface area contributed by atoms with Crippen LogP contribution in [0.4, 0.5) is 0 Å². The maximum Gasteiger partial charge on any atom is 0.0783 e. The predicted octanol–water partition coefficient (Wildman–Crippen LogP) is 2.29. The first kappa shape index (κ1) is 8.20. The summed E-state index contributed by atoms with van der Waals surface area (Å²) >= 11 is 0. The number of aliphatic hydroxyl groups excluding tert-OH is 1. The van der Waals surface area contributed by atoms with E-state index in [2.05, 4.69) is 4.98 Å². The van der Waals surface area contributed by atoms with E-state index in [0.29, 0.717) is 0 Å². The Balaban J connectivity index is 2.76. The van der Waals surface area contributed by atoms with Crippen molar-refractivity contribution in [2.45, 2.75) is 13.0 Å². The maximum atomic E-state index is 9.48. The molecule has 1 aromatic carbocycles. The van der Waals surface area contributed by atoms with Gasteiger partial charge in [0.2, 0.25) is 0 Å². The Morgan fingerprint density at radius 1 is 1.23 bits per heavy atom. The molecule has 0 unspecified atom stereocenters. The first-order valence-corrected chi connectivity index (χ1v) is 4.31. The van der Waals surface area contributed by atoms with Crippen LogP contribution >= 0.6 is 0 Å². The van der Waals surface area contributed by atoms with Gasteiger partial charge in [-0.3, -0.25) is 4.98 Å². The predicted molar refractivity (Wildman–Crippen MR) is 52.4 cm³/mol. The van der Waals surface area contributed by atoms with Crippen LogP contribution in [0.15, 0.2) is 36.5 Å². The summed E-state index contributed by atoms with van der Waals surface area (Å²) in [6.45, 7) is 1.75. The molecule has 0 amide bonds. The Morgan fingerprint density at radius 3 is 2.77 bits per heavy atom. The Morgan fingerprint density at radius 2 is 2.00 bits per heavy atom. The Hall–Kier alpha value is -1.41. The van der Waals surface area contributed by atoms with E-state index in [1.165, 1.54) is 0 Å². The lowest BCUT2D eigenvalue weighted by Gasteiger charge is -2.07. The lowest BCUT2D eigenvalue weighted by atomic mass is 10.1. The number of benzene rings is 1. The monoisotopic (exact) mass is 173 g/mol. The van der Waals surface area contributed by atoms with Crippen molar-refractivity contribution in [2.75, 3.05) is 0 Å². The van der Waals surface area contributed by atoms with Crippen LogP contribution in [0.2, 0.25) is 0 Å². The third kappa shape index (κ3) is 1.40. The Bertz CT molecular complexity index is 418. The van der Waals surface area contributed by atoms with Crippen molar-refractivity contribution in [3.8, 4) is 0 Å². The molecule has 2 rings (SSSR count). The minimum absolute atomic E-state index is 0.460. The molecule has 13 heavy (non-hydrogen) atoms. The summed E-state index contributed by atoms with van der Waals surface area (Å²) in [5, 5.41) is 10.6. The van der Waals surface area contributed by atoms with Gasteiger partial charge in [-0.1, -0.05) is 24.3 Å². The number of aromatic nitrogens is 1. The fourth-order valence-electron chi connectivity index (χ4n) is 1.46. The van der Waals surface area contributed by atoms with Crippen molar-refractivity contribution in [3.63, 3.8) is 0 Å². The number of nitrogens with zero attached hydrogens (tertiary/aromatic N) is 1. The molecule has 66 valence electrons. The second-order valence-electron chi connectivity index (χ2n) is 3.10. The minimum atomic E-state index is -0.460. The summed E-state index contributed by atoms with van der Waals surface area (Å²) < 4.78 is 0. The van der Waals surface area contributed by atoms with Gasteiger partial charge in [0.15, 0.2) is 0 Å². The third-order valence-corrected chi connectivity index (χ3v) is 2.11. The second kappa shape index (κ2) is 3.15. The molecule has 0 saturated heterocycles. The number of para-hydroxylation sites is 1. The van der Waals surface area contributed by atoms with Crippen LogP contribution in [0.5, 0.6) is 0 Å². The number of rotatable bonds is 1. The lowest BCUT2D eigenvalue weighted by molar-refractivity contribution is 0.200. The van der Waals surface area contributed by atoms with Crippen molar-refractivity contribution < 1.29 is 5.11 Å². The van der Waals surface area contributed by atoms with E-state index < -0.39 is 6.10 Å². The van der Waals surface area contributed by atoms with Crippen molar-refractivity contribution in [1.82, 2.24) is 4.98 Å². The zero-order valence-electron chi connectivity index (χ0n) is 7.44. The molecule has 0 fully saturated rings. The van der Waals surface area contributed by atoms with E-state index in [9.17, 15) is 5.11 Å². The smallest absolute Gasteiger partial charge is 0.0783 e. The highest BCUT2D eigenvalue weighted by Gasteiger charge is 2.05. The molecular formula is C11H11NO. The Labute approximate surface area is 76.9 Å². The average Bonchev–Trinajstić information content (AvgIpc) is 2.17. The van der Waals surface area contributed by atoms with Gasteiger partial charge in [0.1, 0.15) is 0 Å². The van der Waals surface area contributed by atoms with Gasteiger partial charge < -0.3 is 5.11 Å². The van der Waals surface area contributed by atoms with E-state index in [0.717, 1.165) is 16.5 Å². The number of hydrogen-bond donors (Lipinski definition) is 1. The van der Waals surface area contributed by atoms with Gasteiger partial charge in [0.25, 0.3) is 0 Å². The third-order valence-electron chi connectivity index (χ3n) is 2.11. The quantitative estimate of drug-likeness (QED) is 0.717. The van der Waals surface area contributed by atoms with Crippen molar-refractivity contribution in [3.05, 3.63) is 42.1 Å². The summed E-state index contributed by atoms with van der Waals surface area (Å²) in [4.78, 5) is 4.24. The topological polar surface area (TPSA) is 33.1 Å². The zero-order chi connectivity index (χ0) is 9.26. The van der Waals surface area contributed by atoms with Crippen LogP contribution in [-0.4, -0.2) is 10.1 Å². The molecule has 0 aliphatic heterocycles. The summed E-state index contributed by atoms with van der Waals surface area (Å²) in [6.07, 6.45) is 1.28. The van der Waals surface area contributed by atoms with Crippen LogP contribution < -0.4 is 0 Å². The standard InChI is InChI=1S/C11H11NO/c1-8(13)10-6-2-4-9-5-3-7-12-11(9)10/h2-8,13H,1H3/t8-/m0/s1. The number of hydrogen-bond acceptors (Lipinski definition) is 2. The molecule has 0 spiro atoms. The minimum Gasteiger partial charge on any atom is -0.389 e. The van der Waals surface area contributed by atoms with Gasteiger partial charge in [-0.15, -0.1) is 0 Å². The highest BCUT2D eigenvalue weighted by molar-refractivity contribution is 5.81. The first-order valence-electron chi connectivity index (χ1n) is 4.31. The molecule has 0 aliphatic rings. The van der Waals surface area contributed by atoms with Crippen LogP contribution in [-0.2, 0) is 0 Å². The fourth-order valence-corrected chi connectivity index (χ4v) is 1.46. The lowest BCUT2D eigenvalue weighted by Crippen LogP contribution is -1.93. The van der Waals surface area contributed by atoms with Crippen LogP contribution in [0.1, 0.15) is 18.6 Å².